The van der Waals surface area contributed by atoms with Crippen molar-refractivity contribution in [1.29, 1.82) is 0 Å². The van der Waals surface area contributed by atoms with Gasteiger partial charge in [0.15, 0.2) is 0 Å². The summed E-state index contributed by atoms with van der Waals surface area (Å²) in [5.41, 5.74) is 1.53. The van der Waals surface area contributed by atoms with E-state index < -0.39 is 0 Å². The molecule has 7 nitrogen and oxygen atoms in total. The van der Waals surface area contributed by atoms with Crippen LogP contribution in [0.15, 0.2) is 35.1 Å². The summed E-state index contributed by atoms with van der Waals surface area (Å²) in [6, 6.07) is 10.6. The number of ether oxygens (including phenoxy) is 1. The van der Waals surface area contributed by atoms with Crippen LogP contribution in [-0.2, 0) is 23.1 Å². The minimum absolute atomic E-state index is 0.00304. The van der Waals surface area contributed by atoms with Crippen molar-refractivity contribution < 1.29 is 9.53 Å². The first-order valence-corrected chi connectivity index (χ1v) is 14.8. The summed E-state index contributed by atoms with van der Waals surface area (Å²) in [5, 5.41) is 1.04. The molecule has 1 aliphatic carbocycles. The van der Waals surface area contributed by atoms with Crippen LogP contribution in [-0.4, -0.2) is 82.7 Å². The molecular weight excluding hydrogens is 476 g/mol. The van der Waals surface area contributed by atoms with Crippen molar-refractivity contribution in [3.63, 3.8) is 0 Å². The van der Waals surface area contributed by atoms with Gasteiger partial charge in [-0.15, -0.1) is 0 Å². The first-order valence-electron chi connectivity index (χ1n) is 14.8. The lowest BCUT2D eigenvalue weighted by Gasteiger charge is -2.52. The highest BCUT2D eigenvalue weighted by molar-refractivity contribution is 5.81. The molecule has 1 aromatic heterocycles. The zero-order chi connectivity index (χ0) is 26.7. The Morgan fingerprint density at radius 3 is 2.42 bits per heavy atom. The van der Waals surface area contributed by atoms with Gasteiger partial charge < -0.3 is 14.2 Å². The topological polar surface area (TPSA) is 58.0 Å². The number of rotatable bonds is 7. The first-order chi connectivity index (χ1) is 18.4. The number of nitrogens with zero attached hydrogens (tertiary/aromatic N) is 4. The van der Waals surface area contributed by atoms with Crippen LogP contribution in [0.25, 0.3) is 10.9 Å². The molecule has 0 atom stereocenters. The molecule has 3 fully saturated rings. The van der Waals surface area contributed by atoms with Crippen LogP contribution in [0.4, 0.5) is 0 Å². The lowest BCUT2D eigenvalue weighted by molar-refractivity contribution is -0.142. The molecule has 3 heterocycles. The number of carbonyl (C=O) groups excluding carboxylic acids is 1. The van der Waals surface area contributed by atoms with Gasteiger partial charge in [-0.05, 0) is 57.0 Å². The number of fused-ring (bicyclic) bond motifs is 1. The molecule has 7 heteroatoms. The highest BCUT2D eigenvalue weighted by Crippen LogP contribution is 2.33. The van der Waals surface area contributed by atoms with Crippen LogP contribution in [0, 0.1) is 5.92 Å². The predicted molar refractivity (Wildman–Crippen MR) is 152 cm³/mol. The molecule has 0 radical (unpaired) electrons. The smallest absolute Gasteiger partial charge is 0.255 e. The lowest BCUT2D eigenvalue weighted by atomic mass is 9.84. The van der Waals surface area contributed by atoms with Crippen LogP contribution in [0.5, 0.6) is 0 Å². The van der Waals surface area contributed by atoms with E-state index in [-0.39, 0.29) is 22.9 Å². The van der Waals surface area contributed by atoms with E-state index in [1.165, 1.54) is 6.42 Å². The van der Waals surface area contributed by atoms with Gasteiger partial charge in [-0.25, -0.2) is 0 Å². The highest BCUT2D eigenvalue weighted by atomic mass is 16.5. The monoisotopic (exact) mass is 522 g/mol. The number of hydrogen-bond donors (Lipinski definition) is 0. The number of aryl methyl sites for hydroxylation is 1. The molecule has 0 N–H and O–H groups in total. The fourth-order valence-electron chi connectivity index (χ4n) is 7.02. The van der Waals surface area contributed by atoms with Gasteiger partial charge in [0.05, 0.1) is 12.1 Å². The fraction of sp³-hybridized carbons (Fsp3) is 0.677. The average Bonchev–Trinajstić information content (AvgIpc) is 2.96. The average molecular weight is 523 g/mol. The zero-order valence-electron chi connectivity index (χ0n) is 23.7. The molecule has 2 aliphatic heterocycles. The van der Waals surface area contributed by atoms with Gasteiger partial charge in [0.2, 0.25) is 5.91 Å². The SMILES string of the molecule is CC(C)N1CCN(C2(CN(Cc3cc4ccccc4n(C)c3=O)C(=O)C3CCCCC3)CCOCC2)CC1. The second-order valence-electron chi connectivity index (χ2n) is 12.1. The van der Waals surface area contributed by atoms with E-state index in [1.807, 2.05) is 31.3 Å². The van der Waals surface area contributed by atoms with Gasteiger partial charge in [-0.1, -0.05) is 37.5 Å². The molecule has 2 aromatic rings. The van der Waals surface area contributed by atoms with E-state index in [0.717, 1.165) is 88.8 Å². The molecule has 3 aliphatic rings. The van der Waals surface area contributed by atoms with E-state index in [0.29, 0.717) is 24.7 Å². The van der Waals surface area contributed by atoms with Crippen molar-refractivity contribution >= 4 is 16.8 Å². The molecule has 0 spiro atoms. The molecule has 1 aromatic carbocycles. The Bertz CT molecular complexity index is 1160. The minimum atomic E-state index is -0.103. The third kappa shape index (κ3) is 5.70. The first kappa shape index (κ1) is 27.4. The summed E-state index contributed by atoms with van der Waals surface area (Å²) < 4.78 is 7.58. The molecule has 0 bridgehead atoms. The molecule has 38 heavy (non-hydrogen) atoms. The summed E-state index contributed by atoms with van der Waals surface area (Å²) in [4.78, 5) is 34.9. The van der Waals surface area contributed by atoms with Gasteiger partial charge in [0.25, 0.3) is 5.56 Å². The third-order valence-corrected chi connectivity index (χ3v) is 9.46. The van der Waals surface area contributed by atoms with Crippen LogP contribution in [0.1, 0.15) is 64.4 Å². The van der Waals surface area contributed by atoms with Crippen LogP contribution in [0.3, 0.4) is 0 Å². The van der Waals surface area contributed by atoms with E-state index >= 15 is 0 Å². The molecule has 0 unspecified atom stereocenters. The van der Waals surface area contributed by atoms with Crippen molar-refractivity contribution in [3.05, 3.63) is 46.2 Å². The molecule has 1 amide bonds. The summed E-state index contributed by atoms with van der Waals surface area (Å²) >= 11 is 0. The number of amides is 1. The molecule has 208 valence electrons. The number of para-hydroxylation sites is 1. The highest BCUT2D eigenvalue weighted by Gasteiger charge is 2.43. The number of pyridine rings is 1. The largest absolute Gasteiger partial charge is 0.381 e. The van der Waals surface area contributed by atoms with E-state index in [9.17, 15) is 9.59 Å². The fourth-order valence-corrected chi connectivity index (χ4v) is 7.02. The van der Waals surface area contributed by atoms with Gasteiger partial charge in [0, 0.05) is 76.0 Å². The number of benzene rings is 1. The quantitative estimate of drug-likeness (QED) is 0.550. The number of carbonyl (C=O) groups is 1. The molecule has 5 rings (SSSR count). The number of piperazine rings is 1. The maximum absolute atomic E-state index is 14.2. The Balaban J connectivity index is 1.46. The van der Waals surface area contributed by atoms with Crippen LogP contribution < -0.4 is 5.56 Å². The normalized spacial score (nSPS) is 21.7. The maximum atomic E-state index is 14.2. The van der Waals surface area contributed by atoms with Crippen LogP contribution in [0.2, 0.25) is 0 Å². The van der Waals surface area contributed by atoms with Gasteiger partial charge in [-0.3, -0.25) is 19.4 Å². The number of aromatic nitrogens is 1. The maximum Gasteiger partial charge on any atom is 0.255 e. The van der Waals surface area contributed by atoms with E-state index in [4.69, 9.17) is 4.74 Å². The molecule has 1 saturated carbocycles. The predicted octanol–water partition coefficient (Wildman–Crippen LogP) is 4.02. The standard InChI is InChI=1S/C31H46N4O3/c1-24(2)33-15-17-35(18-16-33)31(13-19-38-20-14-31)23-34(30(37)25-9-5-4-6-10-25)22-27-21-26-11-7-8-12-28(26)32(3)29(27)36/h7-8,11-12,21,24-25H,4-6,9-10,13-20,22-23H2,1-3H3. The summed E-state index contributed by atoms with van der Waals surface area (Å²) in [6.45, 7) is 11.2. The Morgan fingerprint density at radius 2 is 1.74 bits per heavy atom. The van der Waals surface area contributed by atoms with Gasteiger partial charge in [0.1, 0.15) is 0 Å². The van der Waals surface area contributed by atoms with Crippen molar-refractivity contribution in [3.8, 4) is 0 Å². The second kappa shape index (κ2) is 11.9. The van der Waals surface area contributed by atoms with Crippen molar-refractivity contribution in [2.24, 2.45) is 13.0 Å². The Labute approximate surface area is 227 Å². The van der Waals surface area contributed by atoms with E-state index in [1.54, 1.807) is 4.57 Å². The van der Waals surface area contributed by atoms with Crippen molar-refractivity contribution in [1.82, 2.24) is 19.3 Å². The summed E-state index contributed by atoms with van der Waals surface area (Å²) in [7, 11) is 1.84. The Morgan fingerprint density at radius 1 is 1.05 bits per heavy atom. The van der Waals surface area contributed by atoms with E-state index in [2.05, 4.69) is 34.6 Å². The summed E-state index contributed by atoms with van der Waals surface area (Å²) in [5.74, 6) is 0.314. The van der Waals surface area contributed by atoms with Gasteiger partial charge >= 0.3 is 0 Å². The minimum Gasteiger partial charge on any atom is -0.381 e. The van der Waals surface area contributed by atoms with Crippen molar-refractivity contribution in [2.45, 2.75) is 76.9 Å². The Hall–Kier alpha value is -2.22. The summed E-state index contributed by atoms with van der Waals surface area (Å²) in [6.07, 6.45) is 7.26. The van der Waals surface area contributed by atoms with Crippen LogP contribution >= 0.6 is 0 Å². The molecular formula is C31H46N4O3. The lowest BCUT2D eigenvalue weighted by Crippen LogP contribution is -2.64. The third-order valence-electron chi connectivity index (χ3n) is 9.46. The van der Waals surface area contributed by atoms with Crippen molar-refractivity contribution in [2.75, 3.05) is 45.9 Å². The number of hydrogen-bond acceptors (Lipinski definition) is 5. The van der Waals surface area contributed by atoms with Gasteiger partial charge in [-0.2, -0.15) is 0 Å². The Kier molecular flexibility index (Phi) is 8.56. The molecule has 2 saturated heterocycles. The zero-order valence-corrected chi connectivity index (χ0v) is 23.7. The second-order valence-corrected chi connectivity index (χ2v) is 12.1.